The van der Waals surface area contributed by atoms with E-state index in [4.69, 9.17) is 0 Å². The highest BCUT2D eigenvalue weighted by atomic mass is 19.1. The molecule has 2 N–H and O–H groups in total. The minimum Gasteiger partial charge on any atom is -0.315 e. The fourth-order valence-electron chi connectivity index (χ4n) is 4.09. The summed E-state index contributed by atoms with van der Waals surface area (Å²) in [6.45, 7) is 4.36. The molecule has 0 saturated carbocycles. The molecule has 1 heterocycles. The van der Waals surface area contributed by atoms with Crippen molar-refractivity contribution in [1.82, 2.24) is 14.7 Å². The number of carbonyl (C=O) groups excluding carboxylic acids is 2. The lowest BCUT2D eigenvalue weighted by atomic mass is 10.1. The van der Waals surface area contributed by atoms with Gasteiger partial charge >= 0.3 is 6.03 Å². The third-order valence-electron chi connectivity index (χ3n) is 6.04. The van der Waals surface area contributed by atoms with Gasteiger partial charge in [-0.2, -0.15) is 5.10 Å². The Morgan fingerprint density at radius 1 is 0.921 bits per heavy atom. The van der Waals surface area contributed by atoms with Gasteiger partial charge in [-0.25, -0.2) is 13.9 Å². The Bertz CT molecular complexity index is 1370. The van der Waals surface area contributed by atoms with Gasteiger partial charge < -0.3 is 15.5 Å². The molecular formula is C30H32FN5O2. The van der Waals surface area contributed by atoms with Crippen molar-refractivity contribution < 1.29 is 14.0 Å². The van der Waals surface area contributed by atoms with E-state index in [1.54, 1.807) is 22.9 Å². The lowest BCUT2D eigenvalue weighted by molar-refractivity contribution is -0.116. The number of halogens is 1. The van der Waals surface area contributed by atoms with Crippen LogP contribution in [0.25, 0.3) is 16.9 Å². The minimum atomic E-state index is -0.364. The SMILES string of the molecule is CCCCCN(CC(=O)Nc1cc(-c2ccccc2)nn1-c1ccc(F)cc1)C(=O)Nc1cccc(C)c1. The van der Waals surface area contributed by atoms with Crippen molar-refractivity contribution in [3.63, 3.8) is 0 Å². The zero-order valence-corrected chi connectivity index (χ0v) is 21.7. The molecule has 196 valence electrons. The average Bonchev–Trinajstić information content (AvgIpc) is 3.32. The van der Waals surface area contributed by atoms with Gasteiger partial charge in [0.05, 0.1) is 11.4 Å². The Hall–Kier alpha value is -4.46. The highest BCUT2D eigenvalue weighted by molar-refractivity contribution is 5.97. The monoisotopic (exact) mass is 513 g/mol. The number of aromatic nitrogens is 2. The largest absolute Gasteiger partial charge is 0.322 e. The summed E-state index contributed by atoms with van der Waals surface area (Å²) < 4.78 is 15.1. The molecule has 0 fully saturated rings. The van der Waals surface area contributed by atoms with Crippen molar-refractivity contribution in [3.8, 4) is 16.9 Å². The molecule has 7 nitrogen and oxygen atoms in total. The van der Waals surface area contributed by atoms with E-state index in [9.17, 15) is 14.0 Å². The second-order valence-electron chi connectivity index (χ2n) is 9.15. The van der Waals surface area contributed by atoms with Crippen LogP contribution in [0.5, 0.6) is 0 Å². The first kappa shape index (κ1) is 26.6. The molecule has 4 rings (SSSR count). The molecule has 0 aliphatic heterocycles. The van der Waals surface area contributed by atoms with Gasteiger partial charge in [-0.15, -0.1) is 0 Å². The fraction of sp³-hybridized carbons (Fsp3) is 0.233. The van der Waals surface area contributed by atoms with Crippen LogP contribution in [0.15, 0.2) is 84.9 Å². The Balaban J connectivity index is 1.55. The Labute approximate surface area is 222 Å². The minimum absolute atomic E-state index is 0.128. The number of urea groups is 1. The summed E-state index contributed by atoms with van der Waals surface area (Å²) in [6.07, 6.45) is 2.74. The standard InChI is InChI=1S/C30H32FN5O2/c1-3-4-8-18-35(30(38)32-25-13-9-10-22(2)19-25)21-29(37)33-28-20-27(23-11-6-5-7-12-23)34-36(28)26-16-14-24(31)15-17-26/h5-7,9-17,19-20H,3-4,8,18,21H2,1-2H3,(H,32,38)(H,33,37). The molecule has 0 unspecified atom stereocenters. The van der Waals surface area contributed by atoms with Crippen LogP contribution in [0.2, 0.25) is 0 Å². The molecule has 0 spiro atoms. The highest BCUT2D eigenvalue weighted by Crippen LogP contribution is 2.25. The molecule has 3 amide bonds. The van der Waals surface area contributed by atoms with Gasteiger partial charge in [-0.05, 0) is 55.3 Å². The molecular weight excluding hydrogens is 481 g/mol. The second kappa shape index (κ2) is 12.7. The van der Waals surface area contributed by atoms with E-state index in [-0.39, 0.29) is 24.3 Å². The van der Waals surface area contributed by atoms with Gasteiger partial charge in [-0.1, -0.05) is 62.2 Å². The van der Waals surface area contributed by atoms with Crippen molar-refractivity contribution in [2.75, 3.05) is 23.7 Å². The lowest BCUT2D eigenvalue weighted by Crippen LogP contribution is -2.41. The molecule has 3 aromatic carbocycles. The van der Waals surface area contributed by atoms with E-state index in [0.29, 0.717) is 29.4 Å². The van der Waals surface area contributed by atoms with E-state index in [1.165, 1.54) is 17.0 Å². The summed E-state index contributed by atoms with van der Waals surface area (Å²) in [5.41, 5.74) is 3.84. The summed E-state index contributed by atoms with van der Waals surface area (Å²) in [7, 11) is 0. The van der Waals surface area contributed by atoms with Crippen LogP contribution in [-0.4, -0.2) is 39.7 Å². The first-order valence-corrected chi connectivity index (χ1v) is 12.8. The molecule has 8 heteroatoms. The zero-order chi connectivity index (χ0) is 26.9. The number of benzene rings is 3. The van der Waals surface area contributed by atoms with Crippen LogP contribution in [0.3, 0.4) is 0 Å². The molecule has 0 saturated heterocycles. The van der Waals surface area contributed by atoms with Crippen molar-refractivity contribution in [2.24, 2.45) is 0 Å². The predicted molar refractivity (Wildman–Crippen MR) is 149 cm³/mol. The molecule has 0 aliphatic carbocycles. The van der Waals surface area contributed by atoms with E-state index in [0.717, 1.165) is 30.4 Å². The van der Waals surface area contributed by atoms with Gasteiger partial charge in [-0.3, -0.25) is 4.79 Å². The fourth-order valence-corrected chi connectivity index (χ4v) is 4.09. The lowest BCUT2D eigenvalue weighted by Gasteiger charge is -2.23. The van der Waals surface area contributed by atoms with Crippen molar-refractivity contribution >= 4 is 23.4 Å². The van der Waals surface area contributed by atoms with Crippen LogP contribution in [0.4, 0.5) is 20.7 Å². The number of rotatable bonds is 10. The quantitative estimate of drug-likeness (QED) is 0.233. The van der Waals surface area contributed by atoms with Crippen LogP contribution in [0, 0.1) is 12.7 Å². The number of unbranched alkanes of at least 4 members (excludes halogenated alkanes) is 2. The zero-order valence-electron chi connectivity index (χ0n) is 21.7. The Morgan fingerprint density at radius 2 is 1.68 bits per heavy atom. The van der Waals surface area contributed by atoms with Crippen LogP contribution >= 0.6 is 0 Å². The highest BCUT2D eigenvalue weighted by Gasteiger charge is 2.20. The number of anilines is 2. The van der Waals surface area contributed by atoms with Crippen molar-refractivity contribution in [3.05, 3.63) is 96.3 Å². The summed E-state index contributed by atoms with van der Waals surface area (Å²) in [5.74, 6) is -0.297. The molecule has 0 atom stereocenters. The normalized spacial score (nSPS) is 10.7. The van der Waals surface area contributed by atoms with Gasteiger partial charge in [0.1, 0.15) is 18.2 Å². The predicted octanol–water partition coefficient (Wildman–Crippen LogP) is 6.65. The summed E-state index contributed by atoms with van der Waals surface area (Å²) in [5, 5.41) is 10.5. The number of nitrogens with zero attached hydrogens (tertiary/aromatic N) is 3. The average molecular weight is 514 g/mol. The maximum absolute atomic E-state index is 13.6. The Kier molecular flexibility index (Phi) is 8.87. The van der Waals surface area contributed by atoms with Crippen molar-refractivity contribution in [1.29, 1.82) is 0 Å². The van der Waals surface area contributed by atoms with Crippen LogP contribution in [-0.2, 0) is 4.79 Å². The van der Waals surface area contributed by atoms with Gasteiger partial charge in [0.15, 0.2) is 0 Å². The van der Waals surface area contributed by atoms with Gasteiger partial charge in [0.25, 0.3) is 0 Å². The number of amides is 3. The number of hydrogen-bond acceptors (Lipinski definition) is 3. The summed E-state index contributed by atoms with van der Waals surface area (Å²) in [6, 6.07) is 24.4. The first-order chi connectivity index (χ1) is 18.4. The first-order valence-electron chi connectivity index (χ1n) is 12.8. The molecule has 1 aromatic heterocycles. The van der Waals surface area contributed by atoms with E-state index in [2.05, 4.69) is 22.7 Å². The third kappa shape index (κ3) is 7.06. The number of aryl methyl sites for hydroxylation is 1. The van der Waals surface area contributed by atoms with E-state index < -0.39 is 0 Å². The Morgan fingerprint density at radius 3 is 2.39 bits per heavy atom. The van der Waals surface area contributed by atoms with E-state index in [1.807, 2.05) is 61.5 Å². The maximum atomic E-state index is 13.6. The smallest absolute Gasteiger partial charge is 0.315 e. The number of hydrogen-bond donors (Lipinski definition) is 2. The summed E-state index contributed by atoms with van der Waals surface area (Å²) in [4.78, 5) is 27.8. The third-order valence-corrected chi connectivity index (χ3v) is 6.04. The summed E-state index contributed by atoms with van der Waals surface area (Å²) >= 11 is 0. The van der Waals surface area contributed by atoms with Crippen LogP contribution < -0.4 is 10.6 Å². The molecule has 0 aliphatic rings. The molecule has 38 heavy (non-hydrogen) atoms. The second-order valence-corrected chi connectivity index (χ2v) is 9.15. The molecule has 4 aromatic rings. The van der Waals surface area contributed by atoms with Crippen LogP contribution in [0.1, 0.15) is 31.7 Å². The van der Waals surface area contributed by atoms with Crippen molar-refractivity contribution in [2.45, 2.75) is 33.1 Å². The number of carbonyl (C=O) groups is 2. The van der Waals surface area contributed by atoms with Gasteiger partial charge in [0.2, 0.25) is 5.91 Å². The topological polar surface area (TPSA) is 79.3 Å². The van der Waals surface area contributed by atoms with E-state index >= 15 is 0 Å². The van der Waals surface area contributed by atoms with Gasteiger partial charge in [0, 0.05) is 23.9 Å². The number of nitrogens with one attached hydrogen (secondary N) is 2. The maximum Gasteiger partial charge on any atom is 0.322 e. The molecule has 0 radical (unpaired) electrons. The molecule has 0 bridgehead atoms.